The number of nitrogens with two attached hydrogens (primary N) is 2. The van der Waals surface area contributed by atoms with Crippen molar-refractivity contribution in [2.24, 2.45) is 11.7 Å². The topological polar surface area (TPSA) is 203 Å². The van der Waals surface area contributed by atoms with Gasteiger partial charge in [-0.1, -0.05) is 0 Å². The van der Waals surface area contributed by atoms with Gasteiger partial charge in [0.1, 0.15) is 0 Å². The molecule has 0 spiro atoms. The molecule has 116 valence electrons. The number of amides is 2. The van der Waals surface area contributed by atoms with Gasteiger partial charge in [-0.25, -0.2) is 21.3 Å². The Morgan fingerprint density at radius 3 is 1.26 bits per heavy atom. The summed E-state index contributed by atoms with van der Waals surface area (Å²) < 4.78 is 40.2. The molecule has 0 saturated carbocycles. The number of carbonyl (C=O) groups is 2. The molecule has 0 aromatic heterocycles. The zero-order chi connectivity index (χ0) is 15.9. The quantitative estimate of drug-likeness (QED) is 0.152. The first-order chi connectivity index (χ1) is 8.62. The lowest BCUT2D eigenvalue weighted by Crippen LogP contribution is -2.30. The summed E-state index contributed by atoms with van der Waals surface area (Å²) in [5.74, 6) is 9.27. The summed E-state index contributed by atoms with van der Waals surface area (Å²) in [6.07, 6.45) is -1.19. The first-order valence-corrected chi connectivity index (χ1v) is 5.98. The van der Waals surface area contributed by atoms with E-state index in [0.29, 0.717) is 13.2 Å². The average Bonchev–Trinajstić information content (AvgIpc) is 2.28. The van der Waals surface area contributed by atoms with Crippen molar-refractivity contribution in [1.29, 1.82) is 0 Å². The molecule has 0 aromatic rings. The van der Waals surface area contributed by atoms with E-state index in [1.165, 1.54) is 0 Å². The molecule has 0 unspecified atom stereocenters. The van der Waals surface area contributed by atoms with Crippen molar-refractivity contribution in [2.45, 2.75) is 13.8 Å². The highest BCUT2D eigenvalue weighted by molar-refractivity contribution is 7.79. The van der Waals surface area contributed by atoms with Crippen LogP contribution < -0.4 is 22.5 Å². The van der Waals surface area contributed by atoms with E-state index in [9.17, 15) is 9.59 Å². The van der Waals surface area contributed by atoms with E-state index in [-0.39, 0.29) is 0 Å². The van der Waals surface area contributed by atoms with Crippen molar-refractivity contribution in [3.63, 3.8) is 0 Å². The molecule has 0 atom stereocenters. The first-order valence-electron chi connectivity index (χ1n) is 4.58. The van der Waals surface area contributed by atoms with Crippen LogP contribution in [0, 0.1) is 0 Å². The Morgan fingerprint density at radius 1 is 1.00 bits per heavy atom. The molecule has 0 heterocycles. The maximum atomic E-state index is 9.95. The van der Waals surface area contributed by atoms with Crippen molar-refractivity contribution in [1.82, 2.24) is 10.9 Å². The highest BCUT2D eigenvalue weighted by Gasteiger charge is 1.90. The van der Waals surface area contributed by atoms with Gasteiger partial charge < -0.3 is 9.47 Å². The molecule has 0 saturated heterocycles. The monoisotopic (exact) mass is 306 g/mol. The summed E-state index contributed by atoms with van der Waals surface area (Å²) in [6.45, 7) is 4.11. The molecule has 12 nitrogen and oxygen atoms in total. The van der Waals surface area contributed by atoms with E-state index in [1.807, 2.05) is 0 Å². The van der Waals surface area contributed by atoms with Gasteiger partial charge in [-0.15, -0.1) is 0 Å². The molecule has 0 aliphatic carbocycles. The number of carbonyl (C=O) groups excluding carboxylic acids is 2. The molecule has 0 rings (SSSR count). The summed E-state index contributed by atoms with van der Waals surface area (Å²) in [7, 11) is -4.67. The van der Waals surface area contributed by atoms with Crippen LogP contribution in [0.4, 0.5) is 9.59 Å². The molecule has 0 bridgehead atoms. The van der Waals surface area contributed by atoms with Crippen LogP contribution in [-0.2, 0) is 19.9 Å². The normalized spacial score (nSPS) is 8.74. The van der Waals surface area contributed by atoms with Crippen molar-refractivity contribution in [3.05, 3.63) is 0 Å². The molecule has 0 fully saturated rings. The van der Waals surface area contributed by atoms with Gasteiger partial charge >= 0.3 is 22.6 Å². The summed E-state index contributed by atoms with van der Waals surface area (Å²) in [5, 5.41) is 0. The lowest BCUT2D eigenvalue weighted by atomic mass is 10.9. The highest BCUT2D eigenvalue weighted by Crippen LogP contribution is 1.70. The predicted octanol–water partition coefficient (Wildman–Crippen LogP) is -1.44. The van der Waals surface area contributed by atoms with Gasteiger partial charge in [0.05, 0.1) is 13.2 Å². The van der Waals surface area contributed by atoms with Crippen molar-refractivity contribution in [3.8, 4) is 0 Å². The van der Waals surface area contributed by atoms with Gasteiger partial charge in [0, 0.05) is 0 Å². The van der Waals surface area contributed by atoms with Crippen LogP contribution in [0.15, 0.2) is 0 Å². The fraction of sp³-hybridized carbons (Fsp3) is 0.667. The molecule has 8 N–H and O–H groups in total. The third kappa shape index (κ3) is 48.3. The number of hydrogen-bond acceptors (Lipinski definition) is 8. The average molecular weight is 306 g/mol. The minimum absolute atomic E-state index is 0.350. The fourth-order valence-electron chi connectivity index (χ4n) is 0.346. The number of ether oxygens (including phenoxy) is 2. The summed E-state index contributed by atoms with van der Waals surface area (Å²) in [5.41, 5.74) is 3.61. The Morgan fingerprint density at radius 2 is 1.21 bits per heavy atom. The zero-order valence-electron chi connectivity index (χ0n) is 10.3. The summed E-state index contributed by atoms with van der Waals surface area (Å²) in [4.78, 5) is 19.9. The maximum Gasteiger partial charge on any atom is 0.421 e. The fourth-order valence-corrected chi connectivity index (χ4v) is 0.346. The third-order valence-corrected chi connectivity index (χ3v) is 0.787. The van der Waals surface area contributed by atoms with Crippen LogP contribution in [-0.4, -0.2) is 42.9 Å². The molecule has 0 aliphatic rings. The van der Waals surface area contributed by atoms with E-state index >= 15 is 0 Å². The van der Waals surface area contributed by atoms with Crippen LogP contribution in [0.25, 0.3) is 0 Å². The maximum absolute atomic E-state index is 9.95. The van der Waals surface area contributed by atoms with Crippen molar-refractivity contribution < 1.29 is 36.6 Å². The molecular formula is C6H18N4O8S. The smallest absolute Gasteiger partial charge is 0.421 e. The Hall–Kier alpha value is -1.67. The van der Waals surface area contributed by atoms with Crippen LogP contribution in [0.2, 0.25) is 0 Å². The Labute approximate surface area is 109 Å². The van der Waals surface area contributed by atoms with E-state index < -0.39 is 22.6 Å². The molecule has 0 radical (unpaired) electrons. The lowest BCUT2D eigenvalue weighted by Gasteiger charge is -1.95. The standard InChI is InChI=1S/2C3H8N2O2.H2O4S/c2*1-2-7-3(6)5-4;1-5(2,3)4/h2*2,4H2,1H3,(H,5,6);(H2,1,2,3,4). The number of rotatable bonds is 2. The van der Waals surface area contributed by atoms with Gasteiger partial charge in [0.15, 0.2) is 0 Å². The number of nitrogens with one attached hydrogen (secondary N) is 2. The van der Waals surface area contributed by atoms with Crippen LogP contribution >= 0.6 is 0 Å². The molecule has 0 aliphatic heterocycles. The molecule has 13 heteroatoms. The summed E-state index contributed by atoms with van der Waals surface area (Å²) >= 11 is 0. The second-order valence-corrected chi connectivity index (χ2v) is 3.07. The minimum atomic E-state index is -4.67. The van der Waals surface area contributed by atoms with Gasteiger partial charge in [-0.2, -0.15) is 8.42 Å². The molecule has 19 heavy (non-hydrogen) atoms. The van der Waals surface area contributed by atoms with Crippen LogP contribution in [0.3, 0.4) is 0 Å². The predicted molar refractivity (Wildman–Crippen MR) is 62.9 cm³/mol. The number of hydrogen-bond donors (Lipinski definition) is 6. The van der Waals surface area contributed by atoms with Crippen molar-refractivity contribution >= 4 is 22.6 Å². The second kappa shape index (κ2) is 14.4. The largest absolute Gasteiger partial charge is 0.449 e. The first kappa shape index (κ1) is 22.5. The Balaban J connectivity index is -0.000000206. The molecule has 2 amide bonds. The van der Waals surface area contributed by atoms with E-state index in [1.54, 1.807) is 24.7 Å². The van der Waals surface area contributed by atoms with E-state index in [0.717, 1.165) is 0 Å². The van der Waals surface area contributed by atoms with E-state index in [4.69, 9.17) is 17.5 Å². The van der Waals surface area contributed by atoms with Gasteiger partial charge in [0.2, 0.25) is 0 Å². The second-order valence-electron chi connectivity index (χ2n) is 2.18. The molecule has 0 aromatic carbocycles. The SMILES string of the molecule is CCOC(=O)NN.CCOC(=O)NN.O=S(=O)(O)O. The van der Waals surface area contributed by atoms with Crippen LogP contribution in [0.1, 0.15) is 13.8 Å². The van der Waals surface area contributed by atoms with Crippen LogP contribution in [0.5, 0.6) is 0 Å². The molecular weight excluding hydrogens is 288 g/mol. The van der Waals surface area contributed by atoms with E-state index in [2.05, 4.69) is 21.2 Å². The minimum Gasteiger partial charge on any atom is -0.449 e. The third-order valence-electron chi connectivity index (χ3n) is 0.787. The van der Waals surface area contributed by atoms with Crippen molar-refractivity contribution in [2.75, 3.05) is 13.2 Å². The van der Waals surface area contributed by atoms with Gasteiger partial charge in [-0.05, 0) is 13.8 Å². The summed E-state index contributed by atoms with van der Waals surface area (Å²) in [6, 6.07) is 0. The lowest BCUT2D eigenvalue weighted by molar-refractivity contribution is 0.151. The zero-order valence-corrected chi connectivity index (χ0v) is 11.1. The Bertz CT molecular complexity index is 306. The number of hydrazine groups is 2. The van der Waals surface area contributed by atoms with Gasteiger partial charge in [0.25, 0.3) is 0 Å². The highest BCUT2D eigenvalue weighted by atomic mass is 32.3. The Kier molecular flexibility index (Phi) is 17.0. The van der Waals surface area contributed by atoms with Gasteiger partial charge in [-0.3, -0.25) is 20.0 Å².